The van der Waals surface area contributed by atoms with Gasteiger partial charge in [-0.2, -0.15) is 0 Å². The second kappa shape index (κ2) is 10.7. The summed E-state index contributed by atoms with van der Waals surface area (Å²) in [5.41, 5.74) is -0.445. The first kappa shape index (κ1) is 19.1. The van der Waals surface area contributed by atoms with Crippen LogP contribution in [0.3, 0.4) is 0 Å². The SMILES string of the molecule is C1CC1.C1CC1.CCCCOc1occ(C(=O)O)c1C(=O)OC. The average Bonchev–Trinajstić information content (AvgIpc) is 3.40. The maximum atomic E-state index is 11.4. The van der Waals surface area contributed by atoms with Gasteiger partial charge < -0.3 is 19.0 Å². The van der Waals surface area contributed by atoms with E-state index in [2.05, 4.69) is 4.74 Å². The van der Waals surface area contributed by atoms with Gasteiger partial charge in [-0.3, -0.25) is 0 Å². The zero-order valence-electron chi connectivity index (χ0n) is 13.9. The van der Waals surface area contributed by atoms with Gasteiger partial charge >= 0.3 is 11.9 Å². The molecule has 2 fully saturated rings. The number of rotatable bonds is 6. The van der Waals surface area contributed by atoms with Gasteiger partial charge in [-0.15, -0.1) is 0 Å². The summed E-state index contributed by atoms with van der Waals surface area (Å²) in [6.45, 7) is 2.34. The Hall–Kier alpha value is -1.98. The molecule has 6 nitrogen and oxygen atoms in total. The number of methoxy groups -OCH3 is 1. The van der Waals surface area contributed by atoms with Crippen LogP contribution >= 0.6 is 0 Å². The highest BCUT2D eigenvalue weighted by atomic mass is 16.6. The van der Waals surface area contributed by atoms with Gasteiger partial charge in [-0.05, 0) is 6.42 Å². The van der Waals surface area contributed by atoms with Gasteiger partial charge in [0.25, 0.3) is 5.95 Å². The van der Waals surface area contributed by atoms with E-state index in [4.69, 9.17) is 14.3 Å². The number of hydrogen-bond acceptors (Lipinski definition) is 5. The third kappa shape index (κ3) is 8.28. The van der Waals surface area contributed by atoms with Crippen molar-refractivity contribution in [3.8, 4) is 5.95 Å². The van der Waals surface area contributed by atoms with E-state index >= 15 is 0 Å². The zero-order valence-corrected chi connectivity index (χ0v) is 13.9. The molecule has 2 aliphatic rings. The molecule has 2 aliphatic carbocycles. The van der Waals surface area contributed by atoms with Crippen LogP contribution in [0.5, 0.6) is 5.95 Å². The molecule has 0 unspecified atom stereocenters. The van der Waals surface area contributed by atoms with E-state index in [0.717, 1.165) is 26.2 Å². The van der Waals surface area contributed by atoms with Crippen molar-refractivity contribution in [3.63, 3.8) is 0 Å². The van der Waals surface area contributed by atoms with Gasteiger partial charge in [0.05, 0.1) is 13.7 Å². The Labute approximate surface area is 136 Å². The fourth-order valence-electron chi connectivity index (χ4n) is 1.21. The number of carboxylic acids is 1. The second-order valence-corrected chi connectivity index (χ2v) is 5.43. The summed E-state index contributed by atoms with van der Waals surface area (Å²) in [6, 6.07) is 0. The summed E-state index contributed by atoms with van der Waals surface area (Å²) >= 11 is 0. The molecule has 0 bridgehead atoms. The lowest BCUT2D eigenvalue weighted by Crippen LogP contribution is -2.09. The number of ether oxygens (including phenoxy) is 2. The lowest BCUT2D eigenvalue weighted by atomic mass is 10.2. The van der Waals surface area contributed by atoms with Gasteiger partial charge in [-0.25, -0.2) is 9.59 Å². The summed E-state index contributed by atoms with van der Waals surface area (Å²) in [5, 5.41) is 8.87. The van der Waals surface area contributed by atoms with Crippen LogP contribution in [0.2, 0.25) is 0 Å². The molecule has 1 N–H and O–H groups in total. The number of unbranched alkanes of at least 4 members (excludes halogenated alkanes) is 1. The molecule has 0 saturated heterocycles. The van der Waals surface area contributed by atoms with Gasteiger partial charge in [0, 0.05) is 0 Å². The van der Waals surface area contributed by atoms with Crippen LogP contribution in [-0.2, 0) is 4.74 Å². The Kier molecular flexibility index (Phi) is 8.87. The molecule has 1 heterocycles. The first-order valence-corrected chi connectivity index (χ1v) is 8.17. The number of esters is 1. The van der Waals surface area contributed by atoms with Crippen LogP contribution in [0.4, 0.5) is 0 Å². The van der Waals surface area contributed by atoms with Crippen molar-refractivity contribution < 1.29 is 28.6 Å². The second-order valence-electron chi connectivity index (χ2n) is 5.43. The number of carbonyl (C=O) groups is 2. The molecular formula is C17H26O6. The van der Waals surface area contributed by atoms with Gasteiger partial charge in [0.1, 0.15) is 11.8 Å². The summed E-state index contributed by atoms with van der Waals surface area (Å²) in [7, 11) is 1.16. The van der Waals surface area contributed by atoms with Crippen molar-refractivity contribution in [2.24, 2.45) is 0 Å². The fourth-order valence-corrected chi connectivity index (χ4v) is 1.21. The largest absolute Gasteiger partial charge is 0.478 e. The zero-order chi connectivity index (χ0) is 17.1. The quantitative estimate of drug-likeness (QED) is 0.620. The highest BCUT2D eigenvalue weighted by Crippen LogP contribution is 2.26. The minimum Gasteiger partial charge on any atom is -0.478 e. The topological polar surface area (TPSA) is 86.0 Å². The van der Waals surface area contributed by atoms with E-state index in [9.17, 15) is 9.59 Å². The maximum Gasteiger partial charge on any atom is 0.346 e. The number of furan rings is 1. The third-order valence-electron chi connectivity index (χ3n) is 2.82. The van der Waals surface area contributed by atoms with Crippen LogP contribution < -0.4 is 4.74 Å². The predicted octanol–water partition coefficient (Wildman–Crippen LogP) is 4.28. The first-order valence-electron chi connectivity index (χ1n) is 8.17. The Bertz CT molecular complexity index is 476. The number of hydrogen-bond donors (Lipinski definition) is 1. The molecule has 0 aromatic carbocycles. The first-order chi connectivity index (χ1) is 11.1. The molecule has 0 spiro atoms. The van der Waals surface area contributed by atoms with Crippen molar-refractivity contribution in [1.29, 1.82) is 0 Å². The molecule has 23 heavy (non-hydrogen) atoms. The number of carbonyl (C=O) groups excluding carboxylic acids is 1. The molecule has 3 rings (SSSR count). The average molecular weight is 326 g/mol. The minimum absolute atomic E-state index is 0.109. The monoisotopic (exact) mass is 326 g/mol. The smallest absolute Gasteiger partial charge is 0.346 e. The molecule has 0 atom stereocenters. The lowest BCUT2D eigenvalue weighted by molar-refractivity contribution is 0.0576. The highest BCUT2D eigenvalue weighted by Gasteiger charge is 2.27. The normalized spacial score (nSPS) is 13.7. The van der Waals surface area contributed by atoms with Crippen molar-refractivity contribution in [1.82, 2.24) is 0 Å². The summed E-state index contributed by atoms with van der Waals surface area (Å²) in [4.78, 5) is 22.3. The van der Waals surface area contributed by atoms with Gasteiger partial charge in [0.15, 0.2) is 5.56 Å². The lowest BCUT2D eigenvalue weighted by Gasteiger charge is -2.03. The predicted molar refractivity (Wildman–Crippen MR) is 85.1 cm³/mol. The molecule has 130 valence electrons. The molecule has 1 aromatic rings. The van der Waals surface area contributed by atoms with Crippen LogP contribution in [0.15, 0.2) is 10.7 Å². The standard InChI is InChI=1S/C11H14O6.2C3H6/c1-3-4-5-16-11-8(10(14)15-2)7(6-17-11)9(12)13;2*1-2-3-1/h6H,3-5H2,1-2H3,(H,12,13);2*1-3H2. The van der Waals surface area contributed by atoms with E-state index < -0.39 is 11.9 Å². The van der Waals surface area contributed by atoms with Crippen molar-refractivity contribution >= 4 is 11.9 Å². The van der Waals surface area contributed by atoms with Gasteiger partial charge in [0.2, 0.25) is 0 Å². The molecular weight excluding hydrogens is 300 g/mol. The Balaban J connectivity index is 0.000000360. The van der Waals surface area contributed by atoms with E-state index in [1.54, 1.807) is 0 Å². The van der Waals surface area contributed by atoms with E-state index in [1.165, 1.54) is 38.5 Å². The van der Waals surface area contributed by atoms with Gasteiger partial charge in [-0.1, -0.05) is 51.9 Å². The Morgan fingerprint density at radius 2 is 1.74 bits per heavy atom. The summed E-state index contributed by atoms with van der Waals surface area (Å²) < 4.78 is 14.6. The molecule has 2 saturated carbocycles. The van der Waals surface area contributed by atoms with Crippen molar-refractivity contribution in [2.45, 2.75) is 58.3 Å². The highest BCUT2D eigenvalue weighted by molar-refractivity contribution is 6.03. The number of carboxylic acid groups (broad SMARTS) is 1. The summed E-state index contributed by atoms with van der Waals surface area (Å²) in [5.74, 6) is -2.16. The Morgan fingerprint density at radius 1 is 1.17 bits per heavy atom. The van der Waals surface area contributed by atoms with E-state index in [-0.39, 0.29) is 17.1 Å². The maximum absolute atomic E-state index is 11.4. The van der Waals surface area contributed by atoms with Crippen molar-refractivity contribution in [2.75, 3.05) is 13.7 Å². The van der Waals surface area contributed by atoms with Crippen LogP contribution in [0, 0.1) is 0 Å². The Morgan fingerprint density at radius 3 is 2.13 bits per heavy atom. The van der Waals surface area contributed by atoms with Crippen LogP contribution in [0.25, 0.3) is 0 Å². The van der Waals surface area contributed by atoms with Crippen LogP contribution in [-0.4, -0.2) is 30.8 Å². The molecule has 6 heteroatoms. The van der Waals surface area contributed by atoms with E-state index in [0.29, 0.717) is 6.61 Å². The molecule has 0 amide bonds. The fraction of sp³-hybridized carbons (Fsp3) is 0.647. The molecule has 1 aromatic heterocycles. The molecule has 0 aliphatic heterocycles. The molecule has 0 radical (unpaired) electrons. The summed E-state index contributed by atoms with van der Waals surface area (Å²) in [6.07, 6.45) is 11.7. The van der Waals surface area contributed by atoms with Crippen molar-refractivity contribution in [3.05, 3.63) is 17.4 Å². The number of aromatic carboxylic acids is 1. The minimum atomic E-state index is -1.26. The third-order valence-corrected chi connectivity index (χ3v) is 2.82. The van der Waals surface area contributed by atoms with E-state index in [1.807, 2.05) is 6.92 Å². The van der Waals surface area contributed by atoms with Crippen LogP contribution in [0.1, 0.15) is 79.0 Å².